The molecule has 5 rings (SSSR count). The van der Waals surface area contributed by atoms with Crippen molar-refractivity contribution < 1.29 is 14.3 Å². The molecule has 1 aliphatic heterocycles. The molecule has 0 unspecified atom stereocenters. The molecular formula is C21H22N4O3. The van der Waals surface area contributed by atoms with E-state index in [1.54, 1.807) is 10.7 Å². The lowest BCUT2D eigenvalue weighted by Gasteiger charge is -2.26. The normalized spacial score (nSPS) is 16.6. The first-order chi connectivity index (χ1) is 13.8. The SMILES string of the molecule is O[C@H](CNc1ccc2ncc(-c3cc4ccccc4o3)n2n1)C1CCOCC1. The van der Waals surface area contributed by atoms with Crippen LogP contribution in [0.3, 0.4) is 0 Å². The molecule has 4 heterocycles. The van der Waals surface area contributed by atoms with Crippen LogP contribution in [-0.4, -0.2) is 45.6 Å². The molecule has 1 atom stereocenters. The van der Waals surface area contributed by atoms with Gasteiger partial charge in [-0.1, -0.05) is 18.2 Å². The second kappa shape index (κ2) is 7.26. The summed E-state index contributed by atoms with van der Waals surface area (Å²) in [6.07, 6.45) is 3.14. The van der Waals surface area contributed by atoms with Crippen molar-refractivity contribution in [3.8, 4) is 11.5 Å². The van der Waals surface area contributed by atoms with Crippen LogP contribution in [0.25, 0.3) is 28.1 Å². The minimum atomic E-state index is -0.418. The number of hydrogen-bond acceptors (Lipinski definition) is 6. The predicted octanol–water partition coefficient (Wildman–Crippen LogP) is 3.34. The van der Waals surface area contributed by atoms with E-state index in [9.17, 15) is 5.11 Å². The molecule has 7 heteroatoms. The molecule has 0 aliphatic carbocycles. The van der Waals surface area contributed by atoms with Crippen molar-refractivity contribution in [1.29, 1.82) is 0 Å². The number of aromatic nitrogens is 3. The topological polar surface area (TPSA) is 84.8 Å². The molecule has 7 nitrogen and oxygen atoms in total. The second-order valence-corrected chi connectivity index (χ2v) is 7.18. The molecule has 0 spiro atoms. The van der Waals surface area contributed by atoms with Crippen molar-refractivity contribution >= 4 is 22.4 Å². The number of furan rings is 1. The Bertz CT molecular complexity index is 1060. The largest absolute Gasteiger partial charge is 0.454 e. The molecule has 0 saturated carbocycles. The molecule has 28 heavy (non-hydrogen) atoms. The highest BCUT2D eigenvalue weighted by Gasteiger charge is 2.22. The Morgan fingerprint density at radius 2 is 2.04 bits per heavy atom. The number of anilines is 1. The Kier molecular flexibility index (Phi) is 4.46. The number of benzene rings is 1. The maximum Gasteiger partial charge on any atom is 0.155 e. The Labute approximate surface area is 161 Å². The third kappa shape index (κ3) is 3.23. The number of aliphatic hydroxyl groups is 1. The second-order valence-electron chi connectivity index (χ2n) is 7.18. The maximum absolute atomic E-state index is 10.4. The van der Waals surface area contributed by atoms with Crippen molar-refractivity contribution in [3.63, 3.8) is 0 Å². The number of fused-ring (bicyclic) bond motifs is 2. The Morgan fingerprint density at radius 3 is 2.89 bits per heavy atom. The Hall–Kier alpha value is -2.90. The fourth-order valence-electron chi connectivity index (χ4n) is 3.72. The highest BCUT2D eigenvalue weighted by atomic mass is 16.5. The molecule has 1 aromatic carbocycles. The molecule has 3 aromatic heterocycles. The fourth-order valence-corrected chi connectivity index (χ4v) is 3.72. The van der Waals surface area contributed by atoms with Gasteiger partial charge in [-0.2, -0.15) is 0 Å². The molecule has 1 saturated heterocycles. The summed E-state index contributed by atoms with van der Waals surface area (Å²) in [6, 6.07) is 13.7. The lowest BCUT2D eigenvalue weighted by atomic mass is 9.94. The molecule has 2 N–H and O–H groups in total. The van der Waals surface area contributed by atoms with Crippen LogP contribution < -0.4 is 5.32 Å². The highest BCUT2D eigenvalue weighted by molar-refractivity contribution is 5.82. The van der Waals surface area contributed by atoms with Crippen molar-refractivity contribution in [2.45, 2.75) is 18.9 Å². The van der Waals surface area contributed by atoms with Crippen molar-refractivity contribution in [1.82, 2.24) is 14.6 Å². The summed E-state index contributed by atoms with van der Waals surface area (Å²) in [7, 11) is 0. The van der Waals surface area contributed by atoms with Crippen LogP contribution in [0.2, 0.25) is 0 Å². The average molecular weight is 378 g/mol. The van der Waals surface area contributed by atoms with Gasteiger partial charge in [0.05, 0.1) is 12.3 Å². The van der Waals surface area contributed by atoms with E-state index in [4.69, 9.17) is 9.15 Å². The summed E-state index contributed by atoms with van der Waals surface area (Å²) < 4.78 is 13.1. The van der Waals surface area contributed by atoms with Crippen molar-refractivity contribution in [3.05, 3.63) is 48.7 Å². The van der Waals surface area contributed by atoms with E-state index in [0.717, 1.165) is 54.1 Å². The zero-order chi connectivity index (χ0) is 18.9. The summed E-state index contributed by atoms with van der Waals surface area (Å²) in [4.78, 5) is 4.42. The fraction of sp³-hybridized carbons (Fsp3) is 0.333. The Balaban J connectivity index is 1.38. The summed E-state index contributed by atoms with van der Waals surface area (Å²) in [6.45, 7) is 1.90. The average Bonchev–Trinajstić information content (AvgIpc) is 3.36. The molecule has 0 bridgehead atoms. The molecule has 1 fully saturated rings. The number of nitrogens with one attached hydrogen (secondary N) is 1. The monoisotopic (exact) mass is 378 g/mol. The summed E-state index contributed by atoms with van der Waals surface area (Å²) in [5.41, 5.74) is 2.37. The first kappa shape index (κ1) is 17.2. The summed E-state index contributed by atoms with van der Waals surface area (Å²) in [5.74, 6) is 1.68. The van der Waals surface area contributed by atoms with Crippen LogP contribution >= 0.6 is 0 Å². The van der Waals surface area contributed by atoms with Crippen LogP contribution in [0.5, 0.6) is 0 Å². The van der Waals surface area contributed by atoms with E-state index in [-0.39, 0.29) is 5.92 Å². The van der Waals surface area contributed by atoms with Crippen LogP contribution in [0.1, 0.15) is 12.8 Å². The number of ether oxygens (including phenoxy) is 1. The van der Waals surface area contributed by atoms with Gasteiger partial charge in [-0.15, -0.1) is 5.10 Å². The standard InChI is InChI=1S/C21H22N4O3/c26-17(14-7-9-27-10-8-14)13-22-20-5-6-21-23-12-16(25(21)24-20)19-11-15-3-1-2-4-18(15)28-19/h1-6,11-12,14,17,26H,7-10,13H2,(H,22,24)/t17-/m1/s1. The lowest BCUT2D eigenvalue weighted by Crippen LogP contribution is -2.32. The van der Waals surface area contributed by atoms with E-state index in [0.29, 0.717) is 12.4 Å². The zero-order valence-electron chi connectivity index (χ0n) is 15.4. The smallest absolute Gasteiger partial charge is 0.155 e. The molecular weight excluding hydrogens is 356 g/mol. The number of aliphatic hydroxyl groups excluding tert-OH is 1. The molecule has 0 amide bonds. The van der Waals surface area contributed by atoms with E-state index in [1.807, 2.05) is 42.5 Å². The lowest BCUT2D eigenvalue weighted by molar-refractivity contribution is 0.0131. The van der Waals surface area contributed by atoms with Crippen LogP contribution in [-0.2, 0) is 4.74 Å². The van der Waals surface area contributed by atoms with Gasteiger partial charge in [-0.25, -0.2) is 9.50 Å². The number of hydrogen-bond donors (Lipinski definition) is 2. The van der Waals surface area contributed by atoms with Crippen LogP contribution in [0, 0.1) is 5.92 Å². The van der Waals surface area contributed by atoms with E-state index in [1.165, 1.54) is 0 Å². The van der Waals surface area contributed by atoms with E-state index < -0.39 is 6.10 Å². The summed E-state index contributed by atoms with van der Waals surface area (Å²) in [5, 5.41) is 19.4. The van der Waals surface area contributed by atoms with Crippen molar-refractivity contribution in [2.24, 2.45) is 5.92 Å². The van der Waals surface area contributed by atoms with Gasteiger partial charge < -0.3 is 19.6 Å². The van der Waals surface area contributed by atoms with Gasteiger partial charge in [0.25, 0.3) is 0 Å². The number of rotatable bonds is 5. The van der Waals surface area contributed by atoms with E-state index >= 15 is 0 Å². The summed E-state index contributed by atoms with van der Waals surface area (Å²) >= 11 is 0. The minimum Gasteiger partial charge on any atom is -0.454 e. The van der Waals surface area contributed by atoms with Gasteiger partial charge in [0.2, 0.25) is 0 Å². The minimum absolute atomic E-state index is 0.268. The maximum atomic E-state index is 10.4. The third-order valence-corrected chi connectivity index (χ3v) is 5.34. The quantitative estimate of drug-likeness (QED) is 0.554. The van der Waals surface area contributed by atoms with Gasteiger partial charge in [0.1, 0.15) is 17.1 Å². The molecule has 1 aliphatic rings. The van der Waals surface area contributed by atoms with Crippen molar-refractivity contribution in [2.75, 3.05) is 25.1 Å². The zero-order valence-corrected chi connectivity index (χ0v) is 15.4. The number of imidazole rings is 1. The van der Waals surface area contributed by atoms with E-state index in [2.05, 4.69) is 15.4 Å². The molecule has 0 radical (unpaired) electrons. The number of para-hydroxylation sites is 1. The van der Waals surface area contributed by atoms with Gasteiger partial charge in [0, 0.05) is 25.1 Å². The molecule has 4 aromatic rings. The van der Waals surface area contributed by atoms with Crippen LogP contribution in [0.15, 0.2) is 53.1 Å². The van der Waals surface area contributed by atoms with Gasteiger partial charge in [-0.3, -0.25) is 0 Å². The highest BCUT2D eigenvalue weighted by Crippen LogP contribution is 2.28. The number of nitrogens with zero attached hydrogens (tertiary/aromatic N) is 3. The first-order valence-corrected chi connectivity index (χ1v) is 9.61. The predicted molar refractivity (Wildman–Crippen MR) is 106 cm³/mol. The van der Waals surface area contributed by atoms with Crippen LogP contribution in [0.4, 0.5) is 5.82 Å². The Morgan fingerprint density at radius 1 is 1.18 bits per heavy atom. The third-order valence-electron chi connectivity index (χ3n) is 5.34. The van der Waals surface area contributed by atoms with Gasteiger partial charge >= 0.3 is 0 Å². The molecule has 144 valence electrons. The van der Waals surface area contributed by atoms with Gasteiger partial charge in [-0.05, 0) is 43.0 Å². The van der Waals surface area contributed by atoms with Gasteiger partial charge in [0.15, 0.2) is 11.4 Å². The first-order valence-electron chi connectivity index (χ1n) is 9.61.